The number of imide groups is 1. The van der Waals surface area contributed by atoms with Crippen LogP contribution in [0.25, 0.3) is 0 Å². The number of rotatable bonds is 3. The van der Waals surface area contributed by atoms with E-state index in [1.54, 1.807) is 36.2 Å². The summed E-state index contributed by atoms with van der Waals surface area (Å²) in [5, 5.41) is 2.62. The Hall–Kier alpha value is -2.70. The summed E-state index contributed by atoms with van der Waals surface area (Å²) in [7, 11) is 1.60. The van der Waals surface area contributed by atoms with Crippen molar-refractivity contribution in [1.29, 1.82) is 0 Å². The molecule has 1 fully saturated rings. The fraction of sp³-hybridized carbons (Fsp3) is 0.412. The van der Waals surface area contributed by atoms with Crippen molar-refractivity contribution in [2.75, 3.05) is 26.7 Å². The molecule has 4 amide bonds. The third-order valence-electron chi connectivity index (χ3n) is 4.64. The predicted octanol–water partition coefficient (Wildman–Crippen LogP) is 0.267. The highest BCUT2D eigenvalue weighted by Crippen LogP contribution is 2.23. The molecule has 0 atom stereocenters. The molecule has 0 bridgehead atoms. The zero-order chi connectivity index (χ0) is 17.3. The molecule has 0 unspecified atom stereocenters. The average molecular weight is 329 g/mol. The van der Waals surface area contributed by atoms with Crippen molar-refractivity contribution in [3.63, 3.8) is 0 Å². The zero-order valence-corrected chi connectivity index (χ0v) is 13.4. The van der Waals surface area contributed by atoms with Crippen molar-refractivity contribution in [3.05, 3.63) is 35.4 Å². The summed E-state index contributed by atoms with van der Waals surface area (Å²) >= 11 is 0. The van der Waals surface area contributed by atoms with Gasteiger partial charge in [0.2, 0.25) is 11.8 Å². The normalized spacial score (nSPS) is 17.9. The fourth-order valence-electron chi connectivity index (χ4n) is 3.21. The van der Waals surface area contributed by atoms with E-state index in [0.717, 1.165) is 4.90 Å². The lowest BCUT2D eigenvalue weighted by Gasteiger charge is -2.32. The summed E-state index contributed by atoms with van der Waals surface area (Å²) in [4.78, 5) is 51.2. The van der Waals surface area contributed by atoms with Gasteiger partial charge in [-0.2, -0.15) is 0 Å². The summed E-state index contributed by atoms with van der Waals surface area (Å²) in [6.45, 7) is 0.664. The molecule has 7 heteroatoms. The van der Waals surface area contributed by atoms with E-state index in [0.29, 0.717) is 37.1 Å². The van der Waals surface area contributed by atoms with Gasteiger partial charge in [-0.05, 0) is 25.0 Å². The summed E-state index contributed by atoms with van der Waals surface area (Å²) in [6, 6.07) is 6.57. The van der Waals surface area contributed by atoms with E-state index in [1.165, 1.54) is 0 Å². The number of nitrogens with one attached hydrogen (secondary N) is 1. The SMILES string of the molecule is CNC(=O)C1CCN(C(=O)CN2C(=O)c3ccccc3C2=O)CC1. The van der Waals surface area contributed by atoms with E-state index in [4.69, 9.17) is 0 Å². The smallest absolute Gasteiger partial charge is 0.262 e. The second-order valence-corrected chi connectivity index (χ2v) is 6.01. The maximum atomic E-state index is 12.4. The Labute approximate surface area is 139 Å². The minimum atomic E-state index is -0.427. The molecule has 1 aromatic rings. The first-order valence-electron chi connectivity index (χ1n) is 7.97. The fourth-order valence-corrected chi connectivity index (χ4v) is 3.21. The van der Waals surface area contributed by atoms with Crippen molar-refractivity contribution >= 4 is 23.6 Å². The summed E-state index contributed by atoms with van der Waals surface area (Å²) < 4.78 is 0. The average Bonchev–Trinajstić information content (AvgIpc) is 2.86. The van der Waals surface area contributed by atoms with Gasteiger partial charge in [-0.1, -0.05) is 12.1 Å². The molecule has 2 heterocycles. The molecular formula is C17H19N3O4. The van der Waals surface area contributed by atoms with Gasteiger partial charge in [-0.15, -0.1) is 0 Å². The van der Waals surface area contributed by atoms with Crippen LogP contribution in [0.2, 0.25) is 0 Å². The van der Waals surface area contributed by atoms with Crippen molar-refractivity contribution in [2.24, 2.45) is 5.92 Å². The third-order valence-corrected chi connectivity index (χ3v) is 4.64. The molecule has 0 spiro atoms. The number of fused-ring (bicyclic) bond motifs is 1. The summed E-state index contributed by atoms with van der Waals surface area (Å²) in [5.41, 5.74) is 0.683. The molecular weight excluding hydrogens is 310 g/mol. The van der Waals surface area contributed by atoms with E-state index < -0.39 is 11.8 Å². The van der Waals surface area contributed by atoms with E-state index in [1.807, 2.05) is 0 Å². The first-order valence-corrected chi connectivity index (χ1v) is 7.97. The van der Waals surface area contributed by atoms with Gasteiger partial charge in [0.1, 0.15) is 6.54 Å². The van der Waals surface area contributed by atoms with Crippen LogP contribution < -0.4 is 5.32 Å². The van der Waals surface area contributed by atoms with E-state index >= 15 is 0 Å². The molecule has 1 saturated heterocycles. The number of benzene rings is 1. The summed E-state index contributed by atoms with van der Waals surface area (Å²) in [5.74, 6) is -1.21. The Kier molecular flexibility index (Phi) is 4.33. The first kappa shape index (κ1) is 16.2. The lowest BCUT2D eigenvalue weighted by Crippen LogP contribution is -2.47. The first-order chi connectivity index (χ1) is 11.5. The molecule has 2 aliphatic heterocycles. The molecule has 0 aliphatic carbocycles. The van der Waals surface area contributed by atoms with Crippen LogP contribution in [-0.4, -0.2) is 60.1 Å². The van der Waals surface area contributed by atoms with Crippen molar-refractivity contribution in [1.82, 2.24) is 15.1 Å². The molecule has 1 aromatic carbocycles. The maximum absolute atomic E-state index is 12.4. The molecule has 24 heavy (non-hydrogen) atoms. The van der Waals surface area contributed by atoms with Gasteiger partial charge in [0.15, 0.2) is 0 Å². The highest BCUT2D eigenvalue weighted by atomic mass is 16.2. The number of hydrogen-bond acceptors (Lipinski definition) is 4. The number of carbonyl (C=O) groups excluding carboxylic acids is 4. The van der Waals surface area contributed by atoms with E-state index in [9.17, 15) is 19.2 Å². The monoisotopic (exact) mass is 329 g/mol. The molecule has 0 saturated carbocycles. The van der Waals surface area contributed by atoms with Crippen molar-refractivity contribution in [2.45, 2.75) is 12.8 Å². The molecule has 7 nitrogen and oxygen atoms in total. The van der Waals surface area contributed by atoms with Gasteiger partial charge >= 0.3 is 0 Å². The van der Waals surface area contributed by atoms with Gasteiger partial charge < -0.3 is 10.2 Å². The standard InChI is InChI=1S/C17H19N3O4/c1-18-15(22)11-6-8-19(9-7-11)14(21)10-20-16(23)12-4-2-3-5-13(12)17(20)24/h2-5,11H,6-10H2,1H3,(H,18,22). The van der Waals surface area contributed by atoms with Crippen LogP contribution in [0.1, 0.15) is 33.6 Å². The number of hydrogen-bond donors (Lipinski definition) is 1. The lowest BCUT2D eigenvalue weighted by atomic mass is 9.96. The van der Waals surface area contributed by atoms with Crippen molar-refractivity contribution in [3.8, 4) is 0 Å². The van der Waals surface area contributed by atoms with Crippen LogP contribution in [-0.2, 0) is 9.59 Å². The minimum Gasteiger partial charge on any atom is -0.359 e. The number of carbonyl (C=O) groups is 4. The highest BCUT2D eigenvalue weighted by Gasteiger charge is 2.37. The van der Waals surface area contributed by atoms with Gasteiger partial charge in [0, 0.05) is 26.1 Å². The Morgan fingerprint density at radius 3 is 2.12 bits per heavy atom. The molecule has 0 aromatic heterocycles. The van der Waals surface area contributed by atoms with Crippen LogP contribution in [0.15, 0.2) is 24.3 Å². The maximum Gasteiger partial charge on any atom is 0.262 e. The molecule has 0 radical (unpaired) electrons. The Morgan fingerprint density at radius 1 is 1.08 bits per heavy atom. The highest BCUT2D eigenvalue weighted by molar-refractivity contribution is 6.22. The molecule has 2 aliphatic rings. The van der Waals surface area contributed by atoms with Gasteiger partial charge in [-0.25, -0.2) is 0 Å². The van der Waals surface area contributed by atoms with Crippen molar-refractivity contribution < 1.29 is 19.2 Å². The largest absolute Gasteiger partial charge is 0.359 e. The number of amides is 4. The predicted molar refractivity (Wildman–Crippen MR) is 85.2 cm³/mol. The van der Waals surface area contributed by atoms with Crippen LogP contribution >= 0.6 is 0 Å². The van der Waals surface area contributed by atoms with Crippen LogP contribution in [0.3, 0.4) is 0 Å². The van der Waals surface area contributed by atoms with Gasteiger partial charge in [0.05, 0.1) is 11.1 Å². The van der Waals surface area contributed by atoms with E-state index in [-0.39, 0.29) is 24.3 Å². The number of likely N-dealkylation sites (tertiary alicyclic amines) is 1. The van der Waals surface area contributed by atoms with Gasteiger partial charge in [-0.3, -0.25) is 24.1 Å². The zero-order valence-electron chi connectivity index (χ0n) is 13.4. The minimum absolute atomic E-state index is 0.0116. The van der Waals surface area contributed by atoms with Crippen LogP contribution in [0.4, 0.5) is 0 Å². The quantitative estimate of drug-likeness (QED) is 0.806. The molecule has 3 rings (SSSR count). The molecule has 126 valence electrons. The third kappa shape index (κ3) is 2.77. The second-order valence-electron chi connectivity index (χ2n) is 6.01. The number of piperidine rings is 1. The Morgan fingerprint density at radius 2 is 1.62 bits per heavy atom. The second kappa shape index (κ2) is 6.43. The Bertz CT molecular complexity index is 673. The van der Waals surface area contributed by atoms with Crippen LogP contribution in [0, 0.1) is 5.92 Å². The van der Waals surface area contributed by atoms with Gasteiger partial charge in [0.25, 0.3) is 11.8 Å². The van der Waals surface area contributed by atoms with Crippen LogP contribution in [0.5, 0.6) is 0 Å². The van der Waals surface area contributed by atoms with E-state index in [2.05, 4.69) is 5.32 Å². The topological polar surface area (TPSA) is 86.8 Å². The number of nitrogens with zero attached hydrogens (tertiary/aromatic N) is 2. The Balaban J connectivity index is 1.62. The lowest BCUT2D eigenvalue weighted by molar-refractivity contribution is -0.135. The molecule has 1 N–H and O–H groups in total. The summed E-state index contributed by atoms with van der Waals surface area (Å²) in [6.07, 6.45) is 1.18.